The standard InChI is InChI=1S/C15H21N5O2S/c1-11-5-3-4-6-14(11)17-23(21,22)13-7-8-15(12(2)9-13)20-10-16-18-19-20/h7-11,14,17H,3-6H2,1-2H3/t11-,14-/m1/s1. The van der Waals surface area contributed by atoms with Gasteiger partial charge >= 0.3 is 0 Å². The molecule has 23 heavy (non-hydrogen) atoms. The lowest BCUT2D eigenvalue weighted by atomic mass is 9.87. The van der Waals surface area contributed by atoms with E-state index < -0.39 is 10.0 Å². The molecule has 0 amide bonds. The van der Waals surface area contributed by atoms with Crippen LogP contribution in [0.15, 0.2) is 29.4 Å². The van der Waals surface area contributed by atoms with E-state index in [1.807, 2.05) is 6.92 Å². The average Bonchev–Trinajstić information content (AvgIpc) is 3.03. The molecule has 1 heterocycles. The van der Waals surface area contributed by atoms with Crippen molar-refractivity contribution in [1.82, 2.24) is 24.9 Å². The van der Waals surface area contributed by atoms with E-state index in [-0.39, 0.29) is 10.9 Å². The van der Waals surface area contributed by atoms with Gasteiger partial charge in [-0.05, 0) is 59.9 Å². The van der Waals surface area contributed by atoms with Crippen molar-refractivity contribution in [3.05, 3.63) is 30.1 Å². The third-order valence-electron chi connectivity index (χ3n) is 4.49. The van der Waals surface area contributed by atoms with Crippen molar-refractivity contribution < 1.29 is 8.42 Å². The summed E-state index contributed by atoms with van der Waals surface area (Å²) in [5.41, 5.74) is 1.57. The molecule has 1 aliphatic rings. The molecule has 2 atom stereocenters. The molecule has 2 aromatic rings. The van der Waals surface area contributed by atoms with Crippen molar-refractivity contribution >= 4 is 10.0 Å². The number of benzene rings is 1. The number of hydrogen-bond donors (Lipinski definition) is 1. The maximum absolute atomic E-state index is 12.6. The number of aromatic nitrogens is 4. The van der Waals surface area contributed by atoms with Gasteiger partial charge in [-0.25, -0.2) is 17.8 Å². The molecule has 8 heteroatoms. The van der Waals surface area contributed by atoms with Crippen LogP contribution in [0.25, 0.3) is 5.69 Å². The first-order valence-corrected chi connectivity index (χ1v) is 9.32. The number of nitrogens with one attached hydrogen (secondary N) is 1. The number of tetrazole rings is 1. The normalized spacial score (nSPS) is 22.2. The van der Waals surface area contributed by atoms with Crippen LogP contribution in [-0.4, -0.2) is 34.7 Å². The Morgan fingerprint density at radius 2 is 2.04 bits per heavy atom. The zero-order valence-electron chi connectivity index (χ0n) is 13.3. The molecule has 1 aliphatic carbocycles. The van der Waals surface area contributed by atoms with Crippen LogP contribution in [-0.2, 0) is 10.0 Å². The predicted octanol–water partition coefficient (Wildman–Crippen LogP) is 1.83. The minimum Gasteiger partial charge on any atom is -0.208 e. The largest absolute Gasteiger partial charge is 0.240 e. The molecule has 124 valence electrons. The lowest BCUT2D eigenvalue weighted by Gasteiger charge is -2.29. The highest BCUT2D eigenvalue weighted by atomic mass is 32.2. The van der Waals surface area contributed by atoms with E-state index in [9.17, 15) is 8.42 Å². The van der Waals surface area contributed by atoms with Gasteiger partial charge in [-0.15, -0.1) is 5.10 Å². The van der Waals surface area contributed by atoms with Gasteiger partial charge in [0.15, 0.2) is 0 Å². The number of rotatable bonds is 4. The van der Waals surface area contributed by atoms with E-state index in [1.165, 1.54) is 17.4 Å². The summed E-state index contributed by atoms with van der Waals surface area (Å²) in [7, 11) is -3.51. The summed E-state index contributed by atoms with van der Waals surface area (Å²) in [6, 6.07) is 5.00. The Bertz CT molecular complexity index is 773. The molecule has 1 aromatic heterocycles. The van der Waals surface area contributed by atoms with Gasteiger partial charge in [0.1, 0.15) is 6.33 Å². The Kier molecular flexibility index (Phi) is 4.45. The molecule has 0 bridgehead atoms. The van der Waals surface area contributed by atoms with Gasteiger partial charge in [-0.3, -0.25) is 0 Å². The highest BCUT2D eigenvalue weighted by molar-refractivity contribution is 7.89. The Labute approximate surface area is 136 Å². The van der Waals surface area contributed by atoms with Gasteiger partial charge in [-0.1, -0.05) is 19.8 Å². The first-order valence-electron chi connectivity index (χ1n) is 7.84. The van der Waals surface area contributed by atoms with Gasteiger partial charge in [0.25, 0.3) is 0 Å². The Morgan fingerprint density at radius 3 is 2.70 bits per heavy atom. The highest BCUT2D eigenvalue weighted by Crippen LogP contribution is 2.26. The second-order valence-corrected chi connectivity index (χ2v) is 7.91. The van der Waals surface area contributed by atoms with E-state index in [0.717, 1.165) is 30.5 Å². The molecule has 1 saturated carbocycles. The van der Waals surface area contributed by atoms with Crippen molar-refractivity contribution in [2.75, 3.05) is 0 Å². The fourth-order valence-corrected chi connectivity index (χ4v) is 4.55. The van der Waals surface area contributed by atoms with Gasteiger partial charge in [-0.2, -0.15) is 0 Å². The monoisotopic (exact) mass is 335 g/mol. The molecule has 0 spiro atoms. The van der Waals surface area contributed by atoms with Crippen molar-refractivity contribution in [2.45, 2.75) is 50.5 Å². The van der Waals surface area contributed by atoms with Crippen LogP contribution in [0.5, 0.6) is 0 Å². The van der Waals surface area contributed by atoms with Gasteiger partial charge in [0.2, 0.25) is 10.0 Å². The molecule has 1 aromatic carbocycles. The maximum Gasteiger partial charge on any atom is 0.240 e. The summed E-state index contributed by atoms with van der Waals surface area (Å²) < 4.78 is 29.7. The fourth-order valence-electron chi connectivity index (χ4n) is 3.08. The third kappa shape index (κ3) is 3.42. The summed E-state index contributed by atoms with van der Waals surface area (Å²) in [5, 5.41) is 11.0. The first-order chi connectivity index (χ1) is 11.0. The number of sulfonamides is 1. The topological polar surface area (TPSA) is 89.8 Å². The molecule has 0 saturated heterocycles. The minimum atomic E-state index is -3.51. The lowest BCUT2D eigenvalue weighted by Crippen LogP contribution is -2.41. The average molecular weight is 335 g/mol. The summed E-state index contributed by atoms with van der Waals surface area (Å²) in [6.45, 7) is 3.96. The highest BCUT2D eigenvalue weighted by Gasteiger charge is 2.27. The maximum atomic E-state index is 12.6. The number of nitrogens with zero attached hydrogens (tertiary/aromatic N) is 4. The number of hydrogen-bond acceptors (Lipinski definition) is 5. The first kappa shape index (κ1) is 16.1. The summed E-state index contributed by atoms with van der Waals surface area (Å²) in [4.78, 5) is 0.282. The summed E-state index contributed by atoms with van der Waals surface area (Å²) in [6.07, 6.45) is 5.72. The molecule has 7 nitrogen and oxygen atoms in total. The Hall–Kier alpha value is -1.80. The van der Waals surface area contributed by atoms with E-state index in [4.69, 9.17) is 0 Å². The van der Waals surface area contributed by atoms with Crippen LogP contribution in [0.4, 0.5) is 0 Å². The molecular formula is C15H21N5O2S. The quantitative estimate of drug-likeness (QED) is 0.920. The Morgan fingerprint density at radius 1 is 1.26 bits per heavy atom. The van der Waals surface area contributed by atoms with E-state index >= 15 is 0 Å². The molecule has 0 unspecified atom stereocenters. The zero-order chi connectivity index (χ0) is 16.4. The second kappa shape index (κ2) is 6.37. The van der Waals surface area contributed by atoms with Crippen molar-refractivity contribution in [2.24, 2.45) is 5.92 Å². The van der Waals surface area contributed by atoms with Gasteiger partial charge in [0.05, 0.1) is 10.6 Å². The minimum absolute atomic E-state index is 0.0215. The molecule has 1 fully saturated rings. The molecular weight excluding hydrogens is 314 g/mol. The van der Waals surface area contributed by atoms with E-state index in [2.05, 4.69) is 27.2 Å². The molecule has 1 N–H and O–H groups in total. The lowest BCUT2D eigenvalue weighted by molar-refractivity contribution is 0.310. The summed E-state index contributed by atoms with van der Waals surface area (Å²) in [5.74, 6) is 0.375. The van der Waals surface area contributed by atoms with Crippen LogP contribution in [0.3, 0.4) is 0 Å². The zero-order valence-corrected chi connectivity index (χ0v) is 14.1. The summed E-state index contributed by atoms with van der Waals surface area (Å²) >= 11 is 0. The van der Waals surface area contributed by atoms with Gasteiger partial charge < -0.3 is 0 Å². The van der Waals surface area contributed by atoms with Crippen LogP contribution < -0.4 is 4.72 Å². The Balaban J connectivity index is 1.84. The van der Waals surface area contributed by atoms with E-state index in [0.29, 0.717) is 5.92 Å². The second-order valence-electron chi connectivity index (χ2n) is 6.19. The molecule has 0 radical (unpaired) electrons. The SMILES string of the molecule is Cc1cc(S(=O)(=O)N[C@@H]2CCCC[C@H]2C)ccc1-n1cnnn1. The van der Waals surface area contributed by atoms with Gasteiger partial charge in [0, 0.05) is 6.04 Å². The van der Waals surface area contributed by atoms with Crippen LogP contribution in [0.1, 0.15) is 38.2 Å². The smallest absolute Gasteiger partial charge is 0.208 e. The third-order valence-corrected chi connectivity index (χ3v) is 5.98. The van der Waals surface area contributed by atoms with Crippen molar-refractivity contribution in [1.29, 1.82) is 0 Å². The van der Waals surface area contributed by atoms with Crippen LogP contribution >= 0.6 is 0 Å². The van der Waals surface area contributed by atoms with Crippen LogP contribution in [0, 0.1) is 12.8 Å². The fraction of sp³-hybridized carbons (Fsp3) is 0.533. The van der Waals surface area contributed by atoms with Crippen LogP contribution in [0.2, 0.25) is 0 Å². The number of aryl methyl sites for hydroxylation is 1. The van der Waals surface area contributed by atoms with E-state index in [1.54, 1.807) is 18.2 Å². The molecule has 3 rings (SSSR count). The predicted molar refractivity (Wildman–Crippen MR) is 85.6 cm³/mol. The molecule has 0 aliphatic heterocycles. The van der Waals surface area contributed by atoms with Crippen molar-refractivity contribution in [3.8, 4) is 5.69 Å². The van der Waals surface area contributed by atoms with Crippen molar-refractivity contribution in [3.63, 3.8) is 0 Å².